The quantitative estimate of drug-likeness (QED) is 0.813. The highest BCUT2D eigenvalue weighted by Gasteiger charge is 2.19. The van der Waals surface area contributed by atoms with Crippen molar-refractivity contribution in [2.24, 2.45) is 0 Å². The zero-order valence-electron chi connectivity index (χ0n) is 9.35. The van der Waals surface area contributed by atoms with Gasteiger partial charge in [-0.2, -0.15) is 0 Å². The Morgan fingerprint density at radius 1 is 1.41 bits per heavy atom. The molecule has 3 rings (SSSR count). The molecule has 1 amide bonds. The summed E-state index contributed by atoms with van der Waals surface area (Å²) in [7, 11) is 0. The van der Waals surface area contributed by atoms with Gasteiger partial charge in [0.2, 0.25) is 0 Å². The van der Waals surface area contributed by atoms with Gasteiger partial charge in [-0.05, 0) is 31.0 Å². The number of fused-ring (bicyclic) bond motifs is 1. The fourth-order valence-electron chi connectivity index (χ4n) is 1.97. The normalized spacial score (nSPS) is 16.4. The molecule has 5 heteroatoms. The van der Waals surface area contributed by atoms with Gasteiger partial charge in [-0.25, -0.2) is 10.0 Å². The van der Waals surface area contributed by atoms with Crippen molar-refractivity contribution < 1.29 is 9.63 Å². The highest BCUT2D eigenvalue weighted by molar-refractivity contribution is 5.96. The van der Waals surface area contributed by atoms with Crippen molar-refractivity contribution in [3.63, 3.8) is 0 Å². The van der Waals surface area contributed by atoms with Crippen molar-refractivity contribution >= 4 is 16.9 Å². The zero-order chi connectivity index (χ0) is 11.7. The third-order valence-electron chi connectivity index (χ3n) is 2.90. The molecule has 0 aliphatic carbocycles. The molecule has 1 aromatic carbocycles. The van der Waals surface area contributed by atoms with Gasteiger partial charge < -0.3 is 4.98 Å². The van der Waals surface area contributed by atoms with Crippen LogP contribution in [0.4, 0.5) is 0 Å². The molecule has 2 aromatic rings. The Labute approximate surface area is 98.3 Å². The fourth-order valence-corrected chi connectivity index (χ4v) is 1.97. The van der Waals surface area contributed by atoms with E-state index in [0.29, 0.717) is 18.7 Å². The topological polar surface area (TPSA) is 58.2 Å². The minimum Gasteiger partial charge on any atom is -0.345 e. The number of amides is 1. The third-order valence-corrected chi connectivity index (χ3v) is 2.90. The highest BCUT2D eigenvalue weighted by atomic mass is 16.7. The van der Waals surface area contributed by atoms with Crippen LogP contribution in [-0.4, -0.2) is 34.1 Å². The van der Waals surface area contributed by atoms with Crippen LogP contribution in [0.1, 0.15) is 23.2 Å². The number of aromatic nitrogens is 2. The van der Waals surface area contributed by atoms with Gasteiger partial charge in [0.15, 0.2) is 0 Å². The fraction of sp³-hybridized carbons (Fsp3) is 0.333. The number of carbonyl (C=O) groups is 1. The first kappa shape index (κ1) is 10.3. The molecule has 88 valence electrons. The van der Waals surface area contributed by atoms with E-state index in [4.69, 9.17) is 4.84 Å². The summed E-state index contributed by atoms with van der Waals surface area (Å²) >= 11 is 0. The van der Waals surface area contributed by atoms with Gasteiger partial charge in [0.25, 0.3) is 5.91 Å². The van der Waals surface area contributed by atoms with Crippen LogP contribution in [0.5, 0.6) is 0 Å². The molecule has 0 unspecified atom stereocenters. The smallest absolute Gasteiger partial charge is 0.277 e. The molecule has 1 fully saturated rings. The summed E-state index contributed by atoms with van der Waals surface area (Å²) in [4.78, 5) is 24.6. The van der Waals surface area contributed by atoms with Crippen molar-refractivity contribution in [1.29, 1.82) is 0 Å². The monoisotopic (exact) mass is 231 g/mol. The molecule has 0 saturated carbocycles. The summed E-state index contributed by atoms with van der Waals surface area (Å²) in [5.41, 5.74) is 2.36. The number of hydrogen-bond donors (Lipinski definition) is 1. The molecular weight excluding hydrogens is 218 g/mol. The number of rotatable bonds is 1. The van der Waals surface area contributed by atoms with E-state index in [9.17, 15) is 4.79 Å². The lowest BCUT2D eigenvalue weighted by Gasteiger charge is -2.25. The standard InChI is InChI=1S/C12H13N3O2/c16-12(15-5-1-2-6-17-15)9-3-4-10-11(7-9)14-8-13-10/h3-4,7-8H,1-2,5-6H2,(H,13,14). The number of nitrogens with zero attached hydrogens (tertiary/aromatic N) is 2. The SMILES string of the molecule is O=C(c1ccc2nc[nH]c2c1)N1CCCCO1. The van der Waals surface area contributed by atoms with E-state index in [1.165, 1.54) is 5.06 Å². The summed E-state index contributed by atoms with van der Waals surface area (Å²) in [5.74, 6) is -0.0822. The number of benzene rings is 1. The van der Waals surface area contributed by atoms with Crippen LogP contribution in [-0.2, 0) is 4.84 Å². The lowest BCUT2D eigenvalue weighted by atomic mass is 10.2. The Balaban J connectivity index is 1.88. The van der Waals surface area contributed by atoms with Crippen LogP contribution in [0.25, 0.3) is 11.0 Å². The van der Waals surface area contributed by atoms with E-state index in [-0.39, 0.29) is 5.91 Å². The number of aromatic amines is 1. The molecule has 17 heavy (non-hydrogen) atoms. The van der Waals surface area contributed by atoms with Gasteiger partial charge in [-0.3, -0.25) is 9.63 Å². The van der Waals surface area contributed by atoms with Gasteiger partial charge in [-0.15, -0.1) is 0 Å². The predicted molar refractivity (Wildman–Crippen MR) is 62.3 cm³/mol. The van der Waals surface area contributed by atoms with Crippen molar-refractivity contribution in [1.82, 2.24) is 15.0 Å². The summed E-state index contributed by atoms with van der Waals surface area (Å²) in [5, 5.41) is 1.45. The van der Waals surface area contributed by atoms with Crippen LogP contribution >= 0.6 is 0 Å². The van der Waals surface area contributed by atoms with Crippen molar-refractivity contribution in [2.75, 3.05) is 13.2 Å². The average Bonchev–Trinajstić information content (AvgIpc) is 2.86. The summed E-state index contributed by atoms with van der Waals surface area (Å²) in [6.07, 6.45) is 3.64. The van der Waals surface area contributed by atoms with Gasteiger partial charge in [0, 0.05) is 12.1 Å². The Morgan fingerprint density at radius 2 is 2.35 bits per heavy atom. The number of imidazole rings is 1. The second kappa shape index (κ2) is 4.18. The van der Waals surface area contributed by atoms with E-state index in [0.717, 1.165) is 23.9 Å². The first-order chi connectivity index (χ1) is 8.34. The second-order valence-electron chi connectivity index (χ2n) is 4.08. The largest absolute Gasteiger partial charge is 0.345 e. The Kier molecular flexibility index (Phi) is 2.53. The Hall–Kier alpha value is -1.88. The van der Waals surface area contributed by atoms with E-state index in [2.05, 4.69) is 9.97 Å². The number of hydrogen-bond acceptors (Lipinski definition) is 3. The van der Waals surface area contributed by atoms with Crippen LogP contribution in [0.2, 0.25) is 0 Å². The molecule has 0 radical (unpaired) electrons. The maximum absolute atomic E-state index is 12.1. The number of hydroxylamine groups is 2. The molecule has 0 spiro atoms. The molecule has 0 bridgehead atoms. The van der Waals surface area contributed by atoms with E-state index in [1.807, 2.05) is 12.1 Å². The second-order valence-corrected chi connectivity index (χ2v) is 4.08. The number of H-pyrrole nitrogens is 1. The van der Waals surface area contributed by atoms with Crippen LogP contribution < -0.4 is 0 Å². The molecular formula is C12H13N3O2. The molecule has 1 N–H and O–H groups in total. The van der Waals surface area contributed by atoms with Gasteiger partial charge >= 0.3 is 0 Å². The first-order valence-electron chi connectivity index (χ1n) is 5.72. The van der Waals surface area contributed by atoms with E-state index in [1.54, 1.807) is 12.4 Å². The third kappa shape index (κ3) is 1.89. The first-order valence-corrected chi connectivity index (χ1v) is 5.72. The van der Waals surface area contributed by atoms with Crippen LogP contribution in [0.3, 0.4) is 0 Å². The maximum Gasteiger partial charge on any atom is 0.277 e. The highest BCUT2D eigenvalue weighted by Crippen LogP contribution is 2.15. The van der Waals surface area contributed by atoms with Gasteiger partial charge in [0.1, 0.15) is 0 Å². The van der Waals surface area contributed by atoms with E-state index >= 15 is 0 Å². The lowest BCUT2D eigenvalue weighted by molar-refractivity contribution is -0.144. The zero-order valence-corrected chi connectivity index (χ0v) is 9.35. The molecule has 5 nitrogen and oxygen atoms in total. The Bertz CT molecular complexity index is 543. The van der Waals surface area contributed by atoms with Gasteiger partial charge in [0.05, 0.1) is 24.0 Å². The maximum atomic E-state index is 12.1. The summed E-state index contributed by atoms with van der Waals surface area (Å²) < 4.78 is 0. The number of nitrogens with one attached hydrogen (secondary N) is 1. The van der Waals surface area contributed by atoms with Crippen LogP contribution in [0.15, 0.2) is 24.5 Å². The Morgan fingerprint density at radius 3 is 3.18 bits per heavy atom. The molecule has 1 saturated heterocycles. The minimum atomic E-state index is -0.0822. The minimum absolute atomic E-state index is 0.0822. The van der Waals surface area contributed by atoms with Crippen molar-refractivity contribution in [3.8, 4) is 0 Å². The molecule has 1 aliphatic rings. The van der Waals surface area contributed by atoms with Crippen molar-refractivity contribution in [2.45, 2.75) is 12.8 Å². The summed E-state index contributed by atoms with van der Waals surface area (Å²) in [6.45, 7) is 1.29. The average molecular weight is 231 g/mol. The summed E-state index contributed by atoms with van der Waals surface area (Å²) in [6, 6.07) is 5.43. The molecule has 1 aromatic heterocycles. The molecule has 0 atom stereocenters. The van der Waals surface area contributed by atoms with Crippen LogP contribution in [0, 0.1) is 0 Å². The van der Waals surface area contributed by atoms with E-state index < -0.39 is 0 Å². The molecule has 1 aliphatic heterocycles. The number of carbonyl (C=O) groups excluding carboxylic acids is 1. The lowest BCUT2D eigenvalue weighted by Crippen LogP contribution is -2.35. The van der Waals surface area contributed by atoms with Crippen molar-refractivity contribution in [3.05, 3.63) is 30.1 Å². The molecule has 2 heterocycles. The van der Waals surface area contributed by atoms with Gasteiger partial charge in [-0.1, -0.05) is 0 Å². The predicted octanol–water partition coefficient (Wildman–Crippen LogP) is 1.73.